The van der Waals surface area contributed by atoms with Crippen molar-refractivity contribution in [2.45, 2.75) is 0 Å². The van der Waals surface area contributed by atoms with Crippen LogP contribution in [0.15, 0.2) is 223 Å². The van der Waals surface area contributed by atoms with Gasteiger partial charge in [-0.25, -0.2) is 0 Å². The van der Waals surface area contributed by atoms with E-state index in [1.165, 1.54) is 38.5 Å². The molecule has 0 spiro atoms. The quantitative estimate of drug-likeness (QED) is 0.163. The van der Waals surface area contributed by atoms with Gasteiger partial charge in [-0.3, -0.25) is 0 Å². The van der Waals surface area contributed by atoms with Crippen molar-refractivity contribution in [2.24, 2.45) is 0 Å². The van der Waals surface area contributed by atoms with Gasteiger partial charge in [0.1, 0.15) is 11.2 Å². The lowest BCUT2D eigenvalue weighted by Crippen LogP contribution is -2.11. The lowest BCUT2D eigenvalue weighted by atomic mass is 9.96. The van der Waals surface area contributed by atoms with Crippen LogP contribution in [-0.4, -0.2) is 4.57 Å². The number of hydrogen-bond donors (Lipinski definition) is 0. The highest BCUT2D eigenvalue weighted by molar-refractivity contribution is 6.14. The Kier molecular flexibility index (Phi) is 7.82. The summed E-state index contributed by atoms with van der Waals surface area (Å²) in [6.45, 7) is 0. The molecular formula is C54H36N2O. The molecule has 3 heteroatoms. The van der Waals surface area contributed by atoms with Crippen LogP contribution in [0.3, 0.4) is 0 Å². The molecule has 0 radical (unpaired) electrons. The van der Waals surface area contributed by atoms with E-state index < -0.39 is 0 Å². The molecule has 2 aromatic heterocycles. The summed E-state index contributed by atoms with van der Waals surface area (Å²) in [6.07, 6.45) is 0. The van der Waals surface area contributed by atoms with Gasteiger partial charge in [-0.2, -0.15) is 0 Å². The molecular weight excluding hydrogens is 693 g/mol. The second-order valence-corrected chi connectivity index (χ2v) is 14.5. The predicted molar refractivity (Wildman–Crippen MR) is 239 cm³/mol. The monoisotopic (exact) mass is 728 g/mol. The van der Waals surface area contributed by atoms with Crippen LogP contribution in [0.2, 0.25) is 0 Å². The Morgan fingerprint density at radius 2 is 0.860 bits per heavy atom. The summed E-state index contributed by atoms with van der Waals surface area (Å²) in [6, 6.07) is 78.1. The smallest absolute Gasteiger partial charge is 0.136 e. The molecule has 11 rings (SSSR count). The van der Waals surface area contributed by atoms with E-state index in [1.54, 1.807) is 0 Å². The molecule has 0 saturated heterocycles. The average Bonchev–Trinajstić information content (AvgIpc) is 3.84. The van der Waals surface area contributed by atoms with Gasteiger partial charge in [0.15, 0.2) is 0 Å². The van der Waals surface area contributed by atoms with Gasteiger partial charge < -0.3 is 13.9 Å². The van der Waals surface area contributed by atoms with Crippen LogP contribution in [0.1, 0.15) is 0 Å². The second-order valence-electron chi connectivity index (χ2n) is 14.5. The Labute approximate surface area is 330 Å². The zero-order chi connectivity index (χ0) is 37.7. The van der Waals surface area contributed by atoms with Crippen molar-refractivity contribution in [3.05, 3.63) is 218 Å². The number of aromatic nitrogens is 1. The standard InChI is InChI=1S/C54H36N2O/c1-2-14-37(15-3-1)38-28-32-41(33-29-38)55(49-23-8-6-20-46(49)47-22-13-27-53-54(47)48-21-7-11-26-52(48)57-53)42-34-30-39(31-35-42)40-16-12-17-43(36-40)56-50-24-9-4-18-44(50)45-19-5-10-25-51(45)56/h1-36H. The molecule has 0 atom stereocenters. The number of para-hydroxylation sites is 4. The molecule has 0 N–H and O–H groups in total. The van der Waals surface area contributed by atoms with Crippen molar-refractivity contribution in [1.29, 1.82) is 0 Å². The van der Waals surface area contributed by atoms with Crippen molar-refractivity contribution in [1.82, 2.24) is 4.57 Å². The zero-order valence-corrected chi connectivity index (χ0v) is 31.1. The van der Waals surface area contributed by atoms with Crippen molar-refractivity contribution < 1.29 is 4.42 Å². The minimum absolute atomic E-state index is 0.884. The molecule has 11 aromatic rings. The zero-order valence-electron chi connectivity index (χ0n) is 31.1. The van der Waals surface area contributed by atoms with Gasteiger partial charge in [-0.05, 0) is 94.5 Å². The Morgan fingerprint density at radius 1 is 0.351 bits per heavy atom. The van der Waals surface area contributed by atoms with E-state index in [1.807, 2.05) is 12.1 Å². The number of fused-ring (bicyclic) bond motifs is 6. The summed E-state index contributed by atoms with van der Waals surface area (Å²) in [5.74, 6) is 0. The first kappa shape index (κ1) is 32.8. The van der Waals surface area contributed by atoms with Crippen LogP contribution < -0.4 is 4.90 Å². The summed E-state index contributed by atoms with van der Waals surface area (Å²) in [5.41, 5.74) is 15.5. The molecule has 9 aromatic carbocycles. The van der Waals surface area contributed by atoms with Gasteiger partial charge in [0.05, 0.1) is 16.7 Å². The maximum Gasteiger partial charge on any atom is 0.136 e. The first-order valence-electron chi connectivity index (χ1n) is 19.4. The first-order valence-corrected chi connectivity index (χ1v) is 19.4. The predicted octanol–water partition coefficient (Wildman–Crippen LogP) is 15.2. The normalized spacial score (nSPS) is 11.5. The van der Waals surface area contributed by atoms with E-state index in [0.29, 0.717) is 0 Å². The molecule has 3 nitrogen and oxygen atoms in total. The Balaban J connectivity index is 1.04. The molecule has 0 aliphatic heterocycles. The molecule has 2 heterocycles. The number of nitrogens with zero attached hydrogens (tertiary/aromatic N) is 2. The second kappa shape index (κ2) is 13.6. The Hall–Kier alpha value is -7.62. The summed E-state index contributed by atoms with van der Waals surface area (Å²) >= 11 is 0. The van der Waals surface area contributed by atoms with Crippen LogP contribution in [0, 0.1) is 0 Å². The minimum atomic E-state index is 0.884. The Bertz CT molecular complexity index is 3170. The highest BCUT2D eigenvalue weighted by Crippen LogP contribution is 2.45. The van der Waals surface area contributed by atoms with Gasteiger partial charge >= 0.3 is 0 Å². The number of anilines is 3. The third-order valence-electron chi connectivity index (χ3n) is 11.2. The molecule has 268 valence electrons. The summed E-state index contributed by atoms with van der Waals surface area (Å²) in [4.78, 5) is 2.38. The highest BCUT2D eigenvalue weighted by atomic mass is 16.3. The van der Waals surface area contributed by atoms with Crippen molar-refractivity contribution in [3.63, 3.8) is 0 Å². The van der Waals surface area contributed by atoms with Crippen molar-refractivity contribution >= 4 is 60.8 Å². The molecule has 0 aliphatic rings. The van der Waals surface area contributed by atoms with E-state index in [2.05, 4.69) is 216 Å². The molecule has 0 aliphatic carbocycles. The lowest BCUT2D eigenvalue weighted by Gasteiger charge is -2.28. The average molecular weight is 729 g/mol. The molecule has 0 bridgehead atoms. The fourth-order valence-corrected chi connectivity index (χ4v) is 8.58. The van der Waals surface area contributed by atoms with Gasteiger partial charge in [-0.1, -0.05) is 152 Å². The van der Waals surface area contributed by atoms with E-state index in [9.17, 15) is 0 Å². The lowest BCUT2D eigenvalue weighted by molar-refractivity contribution is 0.669. The summed E-state index contributed by atoms with van der Waals surface area (Å²) in [5, 5.41) is 4.76. The van der Waals surface area contributed by atoms with Crippen molar-refractivity contribution in [3.8, 4) is 39.1 Å². The van der Waals surface area contributed by atoms with Crippen LogP contribution in [0.25, 0.3) is 82.8 Å². The third kappa shape index (κ3) is 5.60. The van der Waals surface area contributed by atoms with Gasteiger partial charge in [0.25, 0.3) is 0 Å². The summed E-state index contributed by atoms with van der Waals surface area (Å²) < 4.78 is 8.73. The van der Waals surface area contributed by atoms with Crippen LogP contribution in [0.4, 0.5) is 17.1 Å². The molecule has 0 fully saturated rings. The third-order valence-corrected chi connectivity index (χ3v) is 11.2. The topological polar surface area (TPSA) is 21.3 Å². The van der Waals surface area contributed by atoms with Gasteiger partial charge in [0, 0.05) is 44.2 Å². The van der Waals surface area contributed by atoms with Gasteiger partial charge in [-0.15, -0.1) is 0 Å². The molecule has 0 saturated carbocycles. The largest absolute Gasteiger partial charge is 0.456 e. The maximum absolute atomic E-state index is 6.35. The van der Waals surface area contributed by atoms with Crippen LogP contribution in [-0.2, 0) is 0 Å². The van der Waals surface area contributed by atoms with E-state index in [0.717, 1.165) is 61.4 Å². The van der Waals surface area contributed by atoms with E-state index in [-0.39, 0.29) is 0 Å². The molecule has 0 amide bonds. The number of furan rings is 1. The van der Waals surface area contributed by atoms with E-state index >= 15 is 0 Å². The number of benzene rings is 9. The van der Waals surface area contributed by atoms with Crippen LogP contribution in [0.5, 0.6) is 0 Å². The maximum atomic E-state index is 6.35. The Morgan fingerprint density at radius 3 is 1.58 bits per heavy atom. The fourth-order valence-electron chi connectivity index (χ4n) is 8.58. The molecule has 0 unspecified atom stereocenters. The van der Waals surface area contributed by atoms with Crippen LogP contribution >= 0.6 is 0 Å². The van der Waals surface area contributed by atoms with E-state index in [4.69, 9.17) is 4.42 Å². The SMILES string of the molecule is c1ccc(-c2ccc(N(c3ccc(-c4cccc(-n5c6ccccc6c6ccccc65)c4)cc3)c3ccccc3-c3cccc4oc5ccccc5c34)cc2)cc1. The minimum Gasteiger partial charge on any atom is -0.456 e. The summed E-state index contributed by atoms with van der Waals surface area (Å²) in [7, 11) is 0. The molecule has 57 heavy (non-hydrogen) atoms. The number of rotatable bonds is 7. The number of hydrogen-bond acceptors (Lipinski definition) is 2. The van der Waals surface area contributed by atoms with Gasteiger partial charge in [0.2, 0.25) is 0 Å². The highest BCUT2D eigenvalue weighted by Gasteiger charge is 2.21. The first-order chi connectivity index (χ1) is 28.3. The fraction of sp³-hybridized carbons (Fsp3) is 0. The van der Waals surface area contributed by atoms with Crippen molar-refractivity contribution in [2.75, 3.05) is 4.90 Å².